The Morgan fingerprint density at radius 3 is 3.00 bits per heavy atom. The van der Waals surface area contributed by atoms with E-state index in [9.17, 15) is 4.39 Å². The maximum Gasteiger partial charge on any atom is 0.250 e. The fourth-order valence-corrected chi connectivity index (χ4v) is 2.16. The molecule has 0 aliphatic heterocycles. The molecule has 1 aliphatic carbocycles. The van der Waals surface area contributed by atoms with Crippen LogP contribution in [0.15, 0.2) is 27.1 Å². The van der Waals surface area contributed by atoms with E-state index < -0.39 is 0 Å². The summed E-state index contributed by atoms with van der Waals surface area (Å²) in [7, 11) is 0. The van der Waals surface area contributed by atoms with Gasteiger partial charge in [-0.25, -0.2) is 4.39 Å². The van der Waals surface area contributed by atoms with Gasteiger partial charge in [-0.05, 0) is 31.0 Å². The number of nitrogens with zero attached hydrogens (tertiary/aromatic N) is 2. The third-order valence-electron chi connectivity index (χ3n) is 2.97. The fourth-order valence-electron chi connectivity index (χ4n) is 1.80. The zero-order valence-electron chi connectivity index (χ0n) is 10.2. The van der Waals surface area contributed by atoms with Gasteiger partial charge in [0.25, 0.3) is 5.89 Å². The van der Waals surface area contributed by atoms with E-state index in [0.717, 1.165) is 11.0 Å². The molecule has 0 amide bonds. The number of aromatic nitrogens is 2. The Morgan fingerprint density at radius 1 is 1.37 bits per heavy atom. The zero-order valence-corrected chi connectivity index (χ0v) is 11.8. The average molecular weight is 326 g/mol. The molecular weight excluding hydrogens is 313 g/mol. The van der Waals surface area contributed by atoms with Gasteiger partial charge in [0, 0.05) is 23.5 Å². The minimum absolute atomic E-state index is 0.222. The molecular formula is C13H13BrFN3O. The van der Waals surface area contributed by atoms with Crippen molar-refractivity contribution in [2.24, 2.45) is 0 Å². The van der Waals surface area contributed by atoms with Crippen LogP contribution in [0.3, 0.4) is 0 Å². The Hall–Kier alpha value is -1.27. The first-order valence-electron chi connectivity index (χ1n) is 6.23. The molecule has 0 bridgehead atoms. The van der Waals surface area contributed by atoms with Gasteiger partial charge in [-0.15, -0.1) is 10.2 Å². The van der Waals surface area contributed by atoms with Crippen molar-refractivity contribution in [1.82, 2.24) is 15.5 Å². The van der Waals surface area contributed by atoms with E-state index in [1.165, 1.54) is 18.9 Å². The first-order chi connectivity index (χ1) is 9.22. The van der Waals surface area contributed by atoms with Gasteiger partial charge in [-0.3, -0.25) is 0 Å². The number of hydrogen-bond donors (Lipinski definition) is 1. The first kappa shape index (κ1) is 12.7. The summed E-state index contributed by atoms with van der Waals surface area (Å²) >= 11 is 3.30. The van der Waals surface area contributed by atoms with E-state index in [1.807, 2.05) is 0 Å². The smallest absolute Gasteiger partial charge is 0.250 e. The predicted molar refractivity (Wildman–Crippen MR) is 72.1 cm³/mol. The molecule has 0 unspecified atom stereocenters. The van der Waals surface area contributed by atoms with Gasteiger partial charge in [0.05, 0.1) is 5.56 Å². The van der Waals surface area contributed by atoms with E-state index >= 15 is 0 Å². The summed E-state index contributed by atoms with van der Waals surface area (Å²) in [6.07, 6.45) is 3.16. The zero-order chi connectivity index (χ0) is 13.2. The van der Waals surface area contributed by atoms with Gasteiger partial charge in [-0.1, -0.05) is 15.9 Å². The molecule has 0 atom stereocenters. The van der Waals surface area contributed by atoms with Crippen LogP contribution in [0.4, 0.5) is 4.39 Å². The van der Waals surface area contributed by atoms with Crippen LogP contribution >= 0.6 is 15.9 Å². The molecule has 100 valence electrons. The van der Waals surface area contributed by atoms with Crippen molar-refractivity contribution in [2.75, 3.05) is 6.54 Å². The van der Waals surface area contributed by atoms with E-state index in [4.69, 9.17) is 4.42 Å². The highest BCUT2D eigenvalue weighted by atomic mass is 79.9. The molecule has 1 aromatic heterocycles. The van der Waals surface area contributed by atoms with Crippen LogP contribution in [-0.2, 0) is 6.42 Å². The van der Waals surface area contributed by atoms with Gasteiger partial charge >= 0.3 is 0 Å². The van der Waals surface area contributed by atoms with Crippen LogP contribution < -0.4 is 5.32 Å². The van der Waals surface area contributed by atoms with Crippen molar-refractivity contribution in [3.05, 3.63) is 34.4 Å². The van der Waals surface area contributed by atoms with Gasteiger partial charge in [0.2, 0.25) is 5.89 Å². The van der Waals surface area contributed by atoms with Crippen molar-refractivity contribution in [1.29, 1.82) is 0 Å². The quantitative estimate of drug-likeness (QED) is 0.918. The molecule has 1 fully saturated rings. The standard InChI is InChI=1S/C13H13BrFN3O/c14-8-1-4-11(15)10(7-8)13-18-17-12(19-13)5-6-16-9-2-3-9/h1,4,7,9,16H,2-3,5-6H2. The normalized spacial score (nSPS) is 14.8. The summed E-state index contributed by atoms with van der Waals surface area (Å²) in [5, 5.41) is 11.2. The summed E-state index contributed by atoms with van der Waals surface area (Å²) in [5.74, 6) is 0.386. The highest BCUT2D eigenvalue weighted by Gasteiger charge is 2.20. The largest absolute Gasteiger partial charge is 0.421 e. The van der Waals surface area contributed by atoms with Crippen molar-refractivity contribution in [3.8, 4) is 11.5 Å². The molecule has 2 aromatic rings. The van der Waals surface area contributed by atoms with E-state index in [0.29, 0.717) is 23.9 Å². The second-order valence-corrected chi connectivity index (χ2v) is 5.52. The summed E-state index contributed by atoms with van der Waals surface area (Å²) in [6.45, 7) is 0.813. The molecule has 4 nitrogen and oxygen atoms in total. The molecule has 19 heavy (non-hydrogen) atoms. The van der Waals surface area contributed by atoms with Crippen LogP contribution in [0.5, 0.6) is 0 Å². The van der Waals surface area contributed by atoms with E-state index in [1.54, 1.807) is 12.1 Å². The molecule has 1 aromatic carbocycles. The highest BCUT2D eigenvalue weighted by molar-refractivity contribution is 9.10. The lowest BCUT2D eigenvalue weighted by Gasteiger charge is -1.99. The lowest BCUT2D eigenvalue weighted by atomic mass is 10.2. The third kappa shape index (κ3) is 3.19. The fraction of sp³-hybridized carbons (Fsp3) is 0.385. The minimum Gasteiger partial charge on any atom is -0.421 e. The SMILES string of the molecule is Fc1ccc(Br)cc1-c1nnc(CCNC2CC2)o1. The monoisotopic (exact) mass is 325 g/mol. The molecule has 0 spiro atoms. The second kappa shape index (κ2) is 5.38. The van der Waals surface area contributed by atoms with Crippen molar-refractivity contribution >= 4 is 15.9 Å². The summed E-state index contributed by atoms with van der Waals surface area (Å²) < 4.78 is 19.9. The number of rotatable bonds is 5. The molecule has 0 saturated heterocycles. The van der Waals surface area contributed by atoms with Gasteiger partial charge in [-0.2, -0.15) is 0 Å². The summed E-state index contributed by atoms with van der Waals surface area (Å²) in [4.78, 5) is 0. The Labute approximate surface area is 118 Å². The summed E-state index contributed by atoms with van der Waals surface area (Å²) in [5.41, 5.74) is 0.322. The van der Waals surface area contributed by atoms with Gasteiger partial charge in [0.15, 0.2) is 0 Å². The lowest BCUT2D eigenvalue weighted by molar-refractivity contribution is 0.490. The maximum atomic E-state index is 13.7. The average Bonchev–Trinajstić information content (AvgIpc) is 3.10. The number of benzene rings is 1. The minimum atomic E-state index is -0.366. The van der Waals surface area contributed by atoms with Crippen LogP contribution in [0, 0.1) is 5.82 Å². The van der Waals surface area contributed by atoms with Crippen molar-refractivity contribution in [3.63, 3.8) is 0 Å². The van der Waals surface area contributed by atoms with Crippen molar-refractivity contribution in [2.45, 2.75) is 25.3 Å². The predicted octanol–water partition coefficient (Wildman–Crippen LogP) is 2.93. The summed E-state index contributed by atoms with van der Waals surface area (Å²) in [6, 6.07) is 5.30. The third-order valence-corrected chi connectivity index (χ3v) is 3.47. The number of halogens is 2. The maximum absolute atomic E-state index is 13.7. The Morgan fingerprint density at radius 2 is 2.21 bits per heavy atom. The topological polar surface area (TPSA) is 51.0 Å². The number of nitrogens with one attached hydrogen (secondary N) is 1. The molecule has 1 heterocycles. The highest BCUT2D eigenvalue weighted by Crippen LogP contribution is 2.25. The molecule has 1 saturated carbocycles. The molecule has 1 N–H and O–H groups in total. The molecule has 6 heteroatoms. The molecule has 0 radical (unpaired) electrons. The first-order valence-corrected chi connectivity index (χ1v) is 7.03. The van der Waals surface area contributed by atoms with Gasteiger partial charge < -0.3 is 9.73 Å². The molecule has 1 aliphatic rings. The second-order valence-electron chi connectivity index (χ2n) is 4.60. The number of hydrogen-bond acceptors (Lipinski definition) is 4. The van der Waals surface area contributed by atoms with Gasteiger partial charge in [0.1, 0.15) is 5.82 Å². The Bertz CT molecular complexity index is 583. The van der Waals surface area contributed by atoms with Crippen molar-refractivity contribution < 1.29 is 8.81 Å². The van der Waals surface area contributed by atoms with Crippen LogP contribution in [0.1, 0.15) is 18.7 Å². The van der Waals surface area contributed by atoms with Crippen LogP contribution in [0.2, 0.25) is 0 Å². The van der Waals surface area contributed by atoms with E-state index in [-0.39, 0.29) is 11.7 Å². The van der Waals surface area contributed by atoms with Crippen LogP contribution in [0.25, 0.3) is 11.5 Å². The lowest BCUT2D eigenvalue weighted by Crippen LogP contribution is -2.19. The van der Waals surface area contributed by atoms with Crippen LogP contribution in [-0.4, -0.2) is 22.8 Å². The Balaban J connectivity index is 1.70. The van der Waals surface area contributed by atoms with E-state index in [2.05, 4.69) is 31.4 Å². The molecule has 3 rings (SSSR count). The Kier molecular flexibility index (Phi) is 3.61.